The summed E-state index contributed by atoms with van der Waals surface area (Å²) in [4.78, 5) is 3.20. The van der Waals surface area contributed by atoms with E-state index in [-0.39, 0.29) is 5.69 Å². The molecule has 0 unspecified atom stereocenters. The number of rotatable bonds is 2. The molecule has 0 saturated heterocycles. The summed E-state index contributed by atoms with van der Waals surface area (Å²) in [6.45, 7) is 1.19. The topological polar surface area (TPSA) is 36.7 Å². The Morgan fingerprint density at radius 3 is 2.41 bits per heavy atom. The molecule has 0 N–H and O–H groups in total. The predicted molar refractivity (Wildman–Crippen MR) is 48.3 cm³/mol. The van der Waals surface area contributed by atoms with Gasteiger partial charge in [-0.25, -0.2) is 13.8 Å². The fourth-order valence-electron chi connectivity index (χ4n) is 1.42. The molecule has 0 aliphatic rings. The van der Waals surface area contributed by atoms with Gasteiger partial charge in [0.15, 0.2) is 0 Å². The van der Waals surface area contributed by atoms with E-state index in [1.54, 1.807) is 0 Å². The SMILES string of the molecule is Cc1cc(C(F)F)c(CC#N)c(C(F)(F)F)n1. The maximum Gasteiger partial charge on any atom is 0.433 e. The van der Waals surface area contributed by atoms with Gasteiger partial charge in [0.25, 0.3) is 6.43 Å². The Balaban J connectivity index is 3.53. The Morgan fingerprint density at radius 1 is 1.41 bits per heavy atom. The van der Waals surface area contributed by atoms with Gasteiger partial charge in [-0.15, -0.1) is 0 Å². The number of nitrogens with zero attached hydrogens (tertiary/aromatic N) is 2. The summed E-state index contributed by atoms with van der Waals surface area (Å²) in [6.07, 6.45) is -8.66. The number of pyridine rings is 1. The van der Waals surface area contributed by atoms with Crippen molar-refractivity contribution in [2.75, 3.05) is 0 Å². The average Bonchev–Trinajstić information content (AvgIpc) is 2.18. The molecule has 17 heavy (non-hydrogen) atoms. The summed E-state index contributed by atoms with van der Waals surface area (Å²) in [5, 5.41) is 8.40. The van der Waals surface area contributed by atoms with Crippen LogP contribution in [-0.2, 0) is 12.6 Å². The summed E-state index contributed by atoms with van der Waals surface area (Å²) in [5.74, 6) is 0. The molecule has 1 aromatic rings. The molecule has 0 amide bonds. The highest BCUT2D eigenvalue weighted by molar-refractivity contribution is 5.37. The van der Waals surface area contributed by atoms with Crippen molar-refractivity contribution < 1.29 is 22.0 Å². The molecule has 2 nitrogen and oxygen atoms in total. The van der Waals surface area contributed by atoms with E-state index in [4.69, 9.17) is 5.26 Å². The van der Waals surface area contributed by atoms with E-state index in [2.05, 4.69) is 4.98 Å². The molecule has 0 radical (unpaired) electrons. The van der Waals surface area contributed by atoms with E-state index in [0.29, 0.717) is 0 Å². The molecule has 0 aliphatic carbocycles. The van der Waals surface area contributed by atoms with Gasteiger partial charge in [0.1, 0.15) is 5.69 Å². The highest BCUT2D eigenvalue weighted by atomic mass is 19.4. The Morgan fingerprint density at radius 2 is 2.00 bits per heavy atom. The Labute approximate surface area is 93.7 Å². The van der Waals surface area contributed by atoms with Gasteiger partial charge in [-0.2, -0.15) is 18.4 Å². The first-order chi connectivity index (χ1) is 7.77. The minimum atomic E-state index is -4.85. The quantitative estimate of drug-likeness (QED) is 0.754. The lowest BCUT2D eigenvalue weighted by Gasteiger charge is -2.14. The monoisotopic (exact) mass is 250 g/mol. The van der Waals surface area contributed by atoms with Gasteiger partial charge in [0.2, 0.25) is 0 Å². The first kappa shape index (κ1) is 13.4. The molecule has 0 aromatic carbocycles. The van der Waals surface area contributed by atoms with Gasteiger partial charge in [0, 0.05) is 16.8 Å². The van der Waals surface area contributed by atoms with Crippen LogP contribution in [0.25, 0.3) is 0 Å². The van der Waals surface area contributed by atoms with E-state index in [1.807, 2.05) is 0 Å². The first-order valence-corrected chi connectivity index (χ1v) is 4.50. The summed E-state index contributed by atoms with van der Waals surface area (Å²) in [6, 6.07) is 2.31. The lowest BCUT2D eigenvalue weighted by Crippen LogP contribution is -2.15. The molecule has 92 valence electrons. The van der Waals surface area contributed by atoms with Crippen molar-refractivity contribution in [2.24, 2.45) is 0 Å². The Bertz CT molecular complexity index is 459. The van der Waals surface area contributed by atoms with Crippen LogP contribution in [0.3, 0.4) is 0 Å². The lowest BCUT2D eigenvalue weighted by atomic mass is 10.0. The van der Waals surface area contributed by atoms with Gasteiger partial charge in [-0.05, 0) is 13.0 Å². The van der Waals surface area contributed by atoms with Crippen molar-refractivity contribution in [2.45, 2.75) is 25.9 Å². The standard InChI is InChI=1S/C10H7F5N2/c1-5-4-7(9(11)12)6(2-3-16)8(17-5)10(13,14)15/h4,9H,2H2,1H3. The Kier molecular flexibility index (Phi) is 3.66. The number of hydrogen-bond donors (Lipinski definition) is 0. The molecule has 0 bridgehead atoms. The normalized spacial score (nSPS) is 11.6. The van der Waals surface area contributed by atoms with Gasteiger partial charge in [0.05, 0.1) is 12.5 Å². The second kappa shape index (κ2) is 4.65. The maximum atomic E-state index is 12.6. The molecule has 0 atom stereocenters. The molecule has 0 spiro atoms. The van der Waals surface area contributed by atoms with E-state index in [0.717, 1.165) is 6.07 Å². The first-order valence-electron chi connectivity index (χ1n) is 4.50. The van der Waals surface area contributed by atoms with Crippen LogP contribution in [-0.4, -0.2) is 4.98 Å². The zero-order chi connectivity index (χ0) is 13.2. The second-order valence-electron chi connectivity index (χ2n) is 3.31. The molecular weight excluding hydrogens is 243 g/mol. The fraction of sp³-hybridized carbons (Fsp3) is 0.400. The maximum absolute atomic E-state index is 12.6. The van der Waals surface area contributed by atoms with E-state index >= 15 is 0 Å². The third-order valence-corrected chi connectivity index (χ3v) is 2.05. The van der Waals surface area contributed by atoms with Crippen molar-refractivity contribution in [3.8, 4) is 6.07 Å². The van der Waals surface area contributed by atoms with Crippen molar-refractivity contribution in [1.82, 2.24) is 4.98 Å². The van der Waals surface area contributed by atoms with Crippen LogP contribution in [0, 0.1) is 18.3 Å². The molecule has 1 rings (SSSR count). The smallest absolute Gasteiger partial charge is 0.248 e. The number of alkyl halides is 5. The highest BCUT2D eigenvalue weighted by Crippen LogP contribution is 2.35. The number of aromatic nitrogens is 1. The van der Waals surface area contributed by atoms with Gasteiger partial charge < -0.3 is 0 Å². The van der Waals surface area contributed by atoms with Gasteiger partial charge >= 0.3 is 6.18 Å². The number of hydrogen-bond acceptors (Lipinski definition) is 2. The zero-order valence-electron chi connectivity index (χ0n) is 8.65. The summed E-state index contributed by atoms with van der Waals surface area (Å²) in [5.41, 5.74) is -3.10. The molecular formula is C10H7F5N2. The number of nitriles is 1. The molecule has 7 heteroatoms. The molecule has 0 saturated carbocycles. The number of halogens is 5. The molecule has 1 aromatic heterocycles. The minimum absolute atomic E-state index is 0.158. The lowest BCUT2D eigenvalue weighted by molar-refractivity contribution is -0.142. The third-order valence-electron chi connectivity index (χ3n) is 2.05. The van der Waals surface area contributed by atoms with Crippen LogP contribution in [0.5, 0.6) is 0 Å². The average molecular weight is 250 g/mol. The van der Waals surface area contributed by atoms with Crippen molar-refractivity contribution in [3.05, 3.63) is 28.6 Å². The summed E-state index contributed by atoms with van der Waals surface area (Å²) in [7, 11) is 0. The van der Waals surface area contributed by atoms with Crippen LogP contribution in [0.15, 0.2) is 6.07 Å². The predicted octanol–water partition coefficient (Wildman–Crippen LogP) is 3.41. The van der Waals surface area contributed by atoms with Gasteiger partial charge in [-0.1, -0.05) is 0 Å². The third kappa shape index (κ3) is 2.90. The Hall–Kier alpha value is -1.71. The van der Waals surface area contributed by atoms with Crippen LogP contribution in [0.1, 0.15) is 28.9 Å². The largest absolute Gasteiger partial charge is 0.433 e. The highest BCUT2D eigenvalue weighted by Gasteiger charge is 2.37. The minimum Gasteiger partial charge on any atom is -0.248 e. The summed E-state index contributed by atoms with van der Waals surface area (Å²) >= 11 is 0. The van der Waals surface area contributed by atoms with Crippen LogP contribution < -0.4 is 0 Å². The van der Waals surface area contributed by atoms with Crippen LogP contribution >= 0.6 is 0 Å². The second-order valence-corrected chi connectivity index (χ2v) is 3.31. The van der Waals surface area contributed by atoms with Crippen molar-refractivity contribution in [3.63, 3.8) is 0 Å². The van der Waals surface area contributed by atoms with Crippen LogP contribution in [0.2, 0.25) is 0 Å². The fourth-order valence-corrected chi connectivity index (χ4v) is 1.42. The van der Waals surface area contributed by atoms with E-state index in [9.17, 15) is 22.0 Å². The number of aryl methyl sites for hydroxylation is 1. The van der Waals surface area contributed by atoms with E-state index in [1.165, 1.54) is 13.0 Å². The van der Waals surface area contributed by atoms with Gasteiger partial charge in [-0.3, -0.25) is 0 Å². The summed E-state index contributed by atoms with van der Waals surface area (Å²) < 4.78 is 62.9. The van der Waals surface area contributed by atoms with Crippen molar-refractivity contribution >= 4 is 0 Å². The van der Waals surface area contributed by atoms with E-state index < -0.39 is 35.8 Å². The molecule has 0 aliphatic heterocycles. The van der Waals surface area contributed by atoms with Crippen LogP contribution in [0.4, 0.5) is 22.0 Å². The molecule has 0 fully saturated rings. The van der Waals surface area contributed by atoms with Crippen molar-refractivity contribution in [1.29, 1.82) is 5.26 Å². The zero-order valence-corrected chi connectivity index (χ0v) is 8.65. The molecule has 1 heterocycles.